The third-order valence-corrected chi connectivity index (χ3v) is 3.26. The van der Waals surface area contributed by atoms with Gasteiger partial charge < -0.3 is 14.2 Å². The van der Waals surface area contributed by atoms with Gasteiger partial charge in [-0.15, -0.1) is 0 Å². The zero-order valence-electron chi connectivity index (χ0n) is 11.8. The van der Waals surface area contributed by atoms with Gasteiger partial charge in [0.05, 0.1) is 26.7 Å². The fourth-order valence-corrected chi connectivity index (χ4v) is 2.11. The number of methoxy groups -OCH3 is 1. The zero-order valence-corrected chi connectivity index (χ0v) is 11.8. The van der Waals surface area contributed by atoms with Crippen molar-refractivity contribution >= 4 is 5.97 Å². The number of nitrogens with zero attached hydrogens (tertiary/aromatic N) is 1. The maximum absolute atomic E-state index is 11.7. The lowest BCUT2D eigenvalue weighted by Crippen LogP contribution is -2.38. The van der Waals surface area contributed by atoms with Gasteiger partial charge in [-0.3, -0.25) is 9.69 Å². The van der Waals surface area contributed by atoms with Crippen molar-refractivity contribution in [3.8, 4) is 5.75 Å². The summed E-state index contributed by atoms with van der Waals surface area (Å²) in [5.41, 5.74) is 0.903. The van der Waals surface area contributed by atoms with Gasteiger partial charge in [-0.1, -0.05) is 12.1 Å². The molecule has 110 valence electrons. The van der Waals surface area contributed by atoms with E-state index >= 15 is 0 Å². The van der Waals surface area contributed by atoms with Crippen LogP contribution in [0.4, 0.5) is 0 Å². The Morgan fingerprint density at radius 2 is 2.15 bits per heavy atom. The number of carbonyl (C=O) groups is 1. The summed E-state index contributed by atoms with van der Waals surface area (Å²) >= 11 is 0. The minimum absolute atomic E-state index is 0.202. The first kappa shape index (κ1) is 14.8. The van der Waals surface area contributed by atoms with E-state index in [1.54, 1.807) is 7.11 Å². The summed E-state index contributed by atoms with van der Waals surface area (Å²) in [6.07, 6.45) is 0.278. The van der Waals surface area contributed by atoms with Crippen molar-refractivity contribution in [2.75, 3.05) is 46.6 Å². The number of morpholine rings is 1. The molecule has 0 spiro atoms. The molecule has 1 aromatic carbocycles. The topological polar surface area (TPSA) is 48.0 Å². The summed E-state index contributed by atoms with van der Waals surface area (Å²) in [6, 6.07) is 7.47. The maximum atomic E-state index is 11.7. The van der Waals surface area contributed by atoms with E-state index in [0.717, 1.165) is 44.2 Å². The van der Waals surface area contributed by atoms with Gasteiger partial charge in [0.25, 0.3) is 0 Å². The molecule has 0 N–H and O–H groups in total. The summed E-state index contributed by atoms with van der Waals surface area (Å²) in [4.78, 5) is 14.0. The number of hydrogen-bond acceptors (Lipinski definition) is 5. The number of ether oxygens (including phenoxy) is 3. The summed E-state index contributed by atoms with van der Waals surface area (Å²) in [5, 5.41) is 0. The highest BCUT2D eigenvalue weighted by Crippen LogP contribution is 2.13. The van der Waals surface area contributed by atoms with Crippen LogP contribution in [0.15, 0.2) is 24.3 Å². The van der Waals surface area contributed by atoms with Gasteiger partial charge in [0, 0.05) is 19.6 Å². The van der Waals surface area contributed by atoms with Crippen molar-refractivity contribution in [1.82, 2.24) is 4.90 Å². The number of hydrogen-bond donors (Lipinski definition) is 0. The first-order chi connectivity index (χ1) is 9.78. The Bertz CT molecular complexity index is 430. The van der Waals surface area contributed by atoms with Crippen LogP contribution in [0.1, 0.15) is 5.56 Å². The molecule has 1 aliphatic heterocycles. The second-order valence-electron chi connectivity index (χ2n) is 4.70. The number of benzene rings is 1. The Morgan fingerprint density at radius 1 is 1.35 bits per heavy atom. The zero-order chi connectivity index (χ0) is 14.2. The summed E-state index contributed by atoms with van der Waals surface area (Å²) < 4.78 is 15.7. The fourth-order valence-electron chi connectivity index (χ4n) is 2.11. The monoisotopic (exact) mass is 279 g/mol. The summed E-state index contributed by atoms with van der Waals surface area (Å²) in [6.45, 7) is 4.55. The van der Waals surface area contributed by atoms with E-state index < -0.39 is 0 Å². The third-order valence-electron chi connectivity index (χ3n) is 3.26. The van der Waals surface area contributed by atoms with Crippen LogP contribution in [-0.2, 0) is 20.7 Å². The van der Waals surface area contributed by atoms with E-state index in [-0.39, 0.29) is 12.4 Å². The van der Waals surface area contributed by atoms with E-state index in [0.29, 0.717) is 6.61 Å². The number of carbonyl (C=O) groups excluding carboxylic acids is 1. The average molecular weight is 279 g/mol. The average Bonchev–Trinajstić information content (AvgIpc) is 2.48. The van der Waals surface area contributed by atoms with Crippen LogP contribution in [0.5, 0.6) is 5.75 Å². The van der Waals surface area contributed by atoms with Gasteiger partial charge in [-0.2, -0.15) is 0 Å². The fraction of sp³-hybridized carbons (Fsp3) is 0.533. The molecule has 0 aromatic heterocycles. The van der Waals surface area contributed by atoms with Crippen molar-refractivity contribution in [3.63, 3.8) is 0 Å². The molecular weight excluding hydrogens is 258 g/mol. The predicted octanol–water partition coefficient (Wildman–Crippen LogP) is 1.11. The smallest absolute Gasteiger partial charge is 0.310 e. The lowest BCUT2D eigenvalue weighted by molar-refractivity contribution is -0.143. The van der Waals surface area contributed by atoms with Gasteiger partial charge >= 0.3 is 5.97 Å². The van der Waals surface area contributed by atoms with Crippen molar-refractivity contribution in [2.24, 2.45) is 0 Å². The van der Waals surface area contributed by atoms with Crippen LogP contribution in [0, 0.1) is 0 Å². The first-order valence-electron chi connectivity index (χ1n) is 6.86. The molecule has 2 rings (SSSR count). The Morgan fingerprint density at radius 3 is 2.90 bits per heavy atom. The highest BCUT2D eigenvalue weighted by atomic mass is 16.5. The van der Waals surface area contributed by atoms with Gasteiger partial charge in [-0.25, -0.2) is 0 Å². The molecule has 1 aromatic rings. The Kier molecular flexibility index (Phi) is 5.83. The Labute approximate surface area is 119 Å². The SMILES string of the molecule is COc1cccc(CC(=O)OCCN2CCOCC2)c1. The molecule has 1 fully saturated rings. The molecule has 0 bridgehead atoms. The van der Waals surface area contributed by atoms with E-state index in [9.17, 15) is 4.79 Å². The Balaban J connectivity index is 1.69. The maximum Gasteiger partial charge on any atom is 0.310 e. The molecule has 0 unspecified atom stereocenters. The molecular formula is C15H21NO4. The van der Waals surface area contributed by atoms with E-state index in [1.165, 1.54) is 0 Å². The van der Waals surface area contributed by atoms with E-state index in [2.05, 4.69) is 4.90 Å². The van der Waals surface area contributed by atoms with Gasteiger partial charge in [0.15, 0.2) is 0 Å². The molecule has 5 nitrogen and oxygen atoms in total. The highest BCUT2D eigenvalue weighted by Gasteiger charge is 2.11. The molecule has 1 saturated heterocycles. The normalized spacial score (nSPS) is 15.8. The standard InChI is InChI=1S/C15H21NO4/c1-18-14-4-2-3-13(11-14)12-15(17)20-10-7-16-5-8-19-9-6-16/h2-4,11H,5-10,12H2,1H3. The largest absolute Gasteiger partial charge is 0.497 e. The molecule has 5 heteroatoms. The van der Waals surface area contributed by atoms with Gasteiger partial charge in [0.1, 0.15) is 12.4 Å². The predicted molar refractivity (Wildman–Crippen MR) is 74.9 cm³/mol. The number of rotatable bonds is 6. The van der Waals surface area contributed by atoms with Crippen LogP contribution >= 0.6 is 0 Å². The highest BCUT2D eigenvalue weighted by molar-refractivity contribution is 5.72. The minimum atomic E-state index is -0.202. The van der Waals surface area contributed by atoms with Gasteiger partial charge in [-0.05, 0) is 17.7 Å². The lowest BCUT2D eigenvalue weighted by atomic mass is 10.1. The van der Waals surface area contributed by atoms with Crippen LogP contribution < -0.4 is 4.74 Å². The Hall–Kier alpha value is -1.59. The van der Waals surface area contributed by atoms with E-state index in [4.69, 9.17) is 14.2 Å². The molecule has 0 atom stereocenters. The molecule has 1 heterocycles. The van der Waals surface area contributed by atoms with Crippen LogP contribution in [0.2, 0.25) is 0 Å². The quantitative estimate of drug-likeness (QED) is 0.730. The molecule has 0 radical (unpaired) electrons. The second kappa shape index (κ2) is 7.87. The summed E-state index contributed by atoms with van der Waals surface area (Å²) in [7, 11) is 1.61. The van der Waals surface area contributed by atoms with Crippen molar-refractivity contribution in [1.29, 1.82) is 0 Å². The van der Waals surface area contributed by atoms with Crippen LogP contribution in [0.3, 0.4) is 0 Å². The summed E-state index contributed by atoms with van der Waals surface area (Å²) in [5.74, 6) is 0.551. The molecule has 0 aliphatic carbocycles. The van der Waals surface area contributed by atoms with Crippen LogP contribution in [0.25, 0.3) is 0 Å². The minimum Gasteiger partial charge on any atom is -0.497 e. The second-order valence-corrected chi connectivity index (χ2v) is 4.70. The van der Waals surface area contributed by atoms with Crippen molar-refractivity contribution in [3.05, 3.63) is 29.8 Å². The van der Waals surface area contributed by atoms with E-state index in [1.807, 2.05) is 24.3 Å². The number of esters is 1. The molecule has 1 aliphatic rings. The van der Waals surface area contributed by atoms with Gasteiger partial charge in [0.2, 0.25) is 0 Å². The van der Waals surface area contributed by atoms with Crippen molar-refractivity contribution in [2.45, 2.75) is 6.42 Å². The molecule has 0 amide bonds. The first-order valence-corrected chi connectivity index (χ1v) is 6.86. The van der Waals surface area contributed by atoms with Crippen LogP contribution in [-0.4, -0.2) is 57.4 Å². The molecule has 0 saturated carbocycles. The molecule has 20 heavy (non-hydrogen) atoms. The van der Waals surface area contributed by atoms with Crippen molar-refractivity contribution < 1.29 is 19.0 Å². The third kappa shape index (κ3) is 4.83. The lowest BCUT2D eigenvalue weighted by Gasteiger charge is -2.26.